The molecule has 0 aliphatic carbocycles. The second kappa shape index (κ2) is 6.53. The van der Waals surface area contributed by atoms with Crippen LogP contribution in [0.5, 0.6) is 0 Å². The number of aromatic nitrogens is 2. The summed E-state index contributed by atoms with van der Waals surface area (Å²) in [7, 11) is -4.18. The zero-order chi connectivity index (χ0) is 18.3. The van der Waals surface area contributed by atoms with Crippen molar-refractivity contribution in [3.63, 3.8) is 0 Å². The smallest absolute Gasteiger partial charge is 0.246 e. The van der Waals surface area contributed by atoms with Gasteiger partial charge in [0.25, 0.3) is 0 Å². The highest BCUT2D eigenvalue weighted by Gasteiger charge is 2.34. The Morgan fingerprint density at radius 2 is 1.88 bits per heavy atom. The first-order chi connectivity index (χ1) is 12.4. The monoisotopic (exact) mass is 382 g/mol. The molecule has 7 nitrogen and oxygen atoms in total. The Morgan fingerprint density at radius 1 is 1.12 bits per heavy atom. The summed E-state index contributed by atoms with van der Waals surface area (Å²) in [6, 6.07) is 2.38. The molecule has 1 saturated heterocycles. The van der Waals surface area contributed by atoms with Gasteiger partial charge in [0, 0.05) is 31.4 Å². The lowest BCUT2D eigenvalue weighted by molar-refractivity contribution is 0.122. The first kappa shape index (κ1) is 17.3. The van der Waals surface area contributed by atoms with Gasteiger partial charge in [-0.1, -0.05) is 0 Å². The molecule has 2 aliphatic heterocycles. The van der Waals surface area contributed by atoms with Crippen molar-refractivity contribution in [2.75, 3.05) is 31.2 Å². The fourth-order valence-corrected chi connectivity index (χ4v) is 4.47. The maximum absolute atomic E-state index is 13.9. The van der Waals surface area contributed by atoms with Gasteiger partial charge in [0.2, 0.25) is 16.0 Å². The molecule has 0 atom stereocenters. The van der Waals surface area contributed by atoms with Crippen LogP contribution in [0.3, 0.4) is 0 Å². The molecule has 0 unspecified atom stereocenters. The number of fused-ring (bicyclic) bond motifs is 1. The van der Waals surface area contributed by atoms with Gasteiger partial charge in [-0.3, -0.25) is 0 Å². The molecule has 138 valence electrons. The fourth-order valence-electron chi connectivity index (χ4n) is 3.01. The number of rotatable bonds is 3. The maximum atomic E-state index is 13.9. The summed E-state index contributed by atoms with van der Waals surface area (Å²) in [4.78, 5) is 10.0. The number of benzene rings is 1. The molecule has 0 spiro atoms. The minimum absolute atomic E-state index is 0.00647. The molecule has 4 rings (SSSR count). The van der Waals surface area contributed by atoms with Crippen LogP contribution in [0.25, 0.3) is 0 Å². The molecule has 26 heavy (non-hydrogen) atoms. The zero-order valence-corrected chi connectivity index (χ0v) is 14.5. The average Bonchev–Trinajstić information content (AvgIpc) is 3.08. The minimum atomic E-state index is -4.18. The van der Waals surface area contributed by atoms with E-state index in [0.29, 0.717) is 49.6 Å². The lowest BCUT2D eigenvalue weighted by atomic mass is 10.3. The number of anilines is 1. The molecule has 3 heterocycles. The third-order valence-corrected chi connectivity index (χ3v) is 6.23. The highest BCUT2D eigenvalue weighted by atomic mass is 32.2. The largest absolute Gasteiger partial charge is 0.378 e. The Kier molecular flexibility index (Phi) is 4.33. The van der Waals surface area contributed by atoms with Crippen molar-refractivity contribution in [1.29, 1.82) is 0 Å². The summed E-state index contributed by atoms with van der Waals surface area (Å²) in [5.41, 5.74) is 1.23. The van der Waals surface area contributed by atoms with E-state index in [-0.39, 0.29) is 13.1 Å². The van der Waals surface area contributed by atoms with Crippen molar-refractivity contribution in [3.05, 3.63) is 47.3 Å². The average molecular weight is 382 g/mol. The highest BCUT2D eigenvalue weighted by molar-refractivity contribution is 7.89. The molecular formula is C16H16F2N4O3S. The highest BCUT2D eigenvalue weighted by Crippen LogP contribution is 2.29. The molecular weight excluding hydrogens is 366 g/mol. The van der Waals surface area contributed by atoms with Crippen molar-refractivity contribution in [3.8, 4) is 0 Å². The molecule has 10 heteroatoms. The SMILES string of the molecule is O=S(=O)(c1cc(F)ccc1F)N1Cc2cnc(N3CCOCC3)nc2C1. The Labute approximate surface area is 149 Å². The molecule has 1 aromatic carbocycles. The Hall–Kier alpha value is -2.17. The van der Waals surface area contributed by atoms with Crippen LogP contribution in [0.15, 0.2) is 29.3 Å². The second-order valence-corrected chi connectivity index (χ2v) is 8.00. The topological polar surface area (TPSA) is 75.6 Å². The van der Waals surface area contributed by atoms with E-state index in [1.807, 2.05) is 4.90 Å². The predicted octanol–water partition coefficient (Wildman–Crippen LogP) is 1.30. The fraction of sp³-hybridized carbons (Fsp3) is 0.375. The number of sulfonamides is 1. The quantitative estimate of drug-likeness (QED) is 0.797. The van der Waals surface area contributed by atoms with Crippen molar-refractivity contribution in [1.82, 2.24) is 14.3 Å². The van der Waals surface area contributed by atoms with E-state index in [4.69, 9.17) is 4.74 Å². The van der Waals surface area contributed by atoms with Gasteiger partial charge < -0.3 is 9.64 Å². The van der Waals surface area contributed by atoms with Gasteiger partial charge >= 0.3 is 0 Å². The Bertz CT molecular complexity index is 949. The van der Waals surface area contributed by atoms with Gasteiger partial charge in [-0.15, -0.1) is 0 Å². The summed E-state index contributed by atoms with van der Waals surface area (Å²) in [5.74, 6) is -1.28. The van der Waals surface area contributed by atoms with E-state index in [1.165, 1.54) is 0 Å². The Balaban J connectivity index is 1.61. The van der Waals surface area contributed by atoms with E-state index in [2.05, 4.69) is 9.97 Å². The van der Waals surface area contributed by atoms with E-state index < -0.39 is 26.6 Å². The number of hydrogen-bond acceptors (Lipinski definition) is 6. The van der Waals surface area contributed by atoms with Gasteiger partial charge in [0.1, 0.15) is 16.5 Å². The molecule has 0 amide bonds. The summed E-state index contributed by atoms with van der Waals surface area (Å²) >= 11 is 0. The first-order valence-corrected chi connectivity index (χ1v) is 9.52. The standard InChI is InChI=1S/C16H16F2N4O3S/c17-12-1-2-13(18)15(7-12)26(23,24)22-9-11-8-19-16(20-14(11)10-22)21-3-5-25-6-4-21/h1-2,7-8H,3-6,9-10H2. The van der Waals surface area contributed by atoms with Crippen molar-refractivity contribution in [2.24, 2.45) is 0 Å². The second-order valence-electron chi connectivity index (χ2n) is 6.09. The lowest BCUT2D eigenvalue weighted by Crippen LogP contribution is -2.37. The maximum Gasteiger partial charge on any atom is 0.246 e. The number of morpholine rings is 1. The van der Waals surface area contributed by atoms with Crippen LogP contribution in [-0.2, 0) is 27.8 Å². The minimum Gasteiger partial charge on any atom is -0.378 e. The van der Waals surface area contributed by atoms with Gasteiger partial charge in [0.05, 0.1) is 25.5 Å². The van der Waals surface area contributed by atoms with Gasteiger partial charge in [-0.05, 0) is 18.2 Å². The summed E-state index contributed by atoms with van der Waals surface area (Å²) in [6.45, 7) is 2.51. The van der Waals surface area contributed by atoms with Gasteiger partial charge in [-0.2, -0.15) is 4.31 Å². The first-order valence-electron chi connectivity index (χ1n) is 8.08. The molecule has 1 fully saturated rings. The van der Waals surface area contributed by atoms with E-state index >= 15 is 0 Å². The van der Waals surface area contributed by atoms with Gasteiger partial charge in [0.15, 0.2) is 0 Å². The van der Waals surface area contributed by atoms with Crippen LogP contribution >= 0.6 is 0 Å². The molecule has 0 saturated carbocycles. The summed E-state index contributed by atoms with van der Waals surface area (Å²) in [5, 5.41) is 0. The molecule has 0 radical (unpaired) electrons. The van der Waals surface area contributed by atoms with Crippen molar-refractivity contribution in [2.45, 2.75) is 18.0 Å². The molecule has 1 aromatic heterocycles. The molecule has 0 bridgehead atoms. The van der Waals surface area contributed by atoms with Crippen LogP contribution in [0.1, 0.15) is 11.3 Å². The molecule has 2 aromatic rings. The van der Waals surface area contributed by atoms with Crippen LogP contribution in [0.4, 0.5) is 14.7 Å². The van der Waals surface area contributed by atoms with Gasteiger partial charge in [-0.25, -0.2) is 27.2 Å². The summed E-state index contributed by atoms with van der Waals surface area (Å²) in [6.07, 6.45) is 1.59. The molecule has 2 aliphatic rings. The normalized spacial score (nSPS) is 18.2. The van der Waals surface area contributed by atoms with Crippen molar-refractivity contribution < 1.29 is 21.9 Å². The zero-order valence-electron chi connectivity index (χ0n) is 13.7. The van der Waals surface area contributed by atoms with E-state index in [0.717, 1.165) is 16.4 Å². The number of hydrogen-bond donors (Lipinski definition) is 0. The van der Waals surface area contributed by atoms with Crippen LogP contribution < -0.4 is 4.90 Å². The number of ether oxygens (including phenoxy) is 1. The van der Waals surface area contributed by atoms with Crippen LogP contribution in [-0.4, -0.2) is 49.0 Å². The van der Waals surface area contributed by atoms with Crippen molar-refractivity contribution >= 4 is 16.0 Å². The van der Waals surface area contributed by atoms with E-state index in [1.54, 1.807) is 6.20 Å². The third-order valence-electron chi connectivity index (χ3n) is 4.42. The van der Waals surface area contributed by atoms with Crippen LogP contribution in [0.2, 0.25) is 0 Å². The number of halogens is 2. The third kappa shape index (κ3) is 3.04. The predicted molar refractivity (Wildman–Crippen MR) is 87.9 cm³/mol. The summed E-state index contributed by atoms with van der Waals surface area (Å²) < 4.78 is 59.1. The van der Waals surface area contributed by atoms with Crippen LogP contribution in [0, 0.1) is 11.6 Å². The lowest BCUT2D eigenvalue weighted by Gasteiger charge is -2.26. The molecule has 0 N–H and O–H groups in total. The van der Waals surface area contributed by atoms with E-state index in [9.17, 15) is 17.2 Å². The Morgan fingerprint density at radius 3 is 2.65 bits per heavy atom. The number of nitrogens with zero attached hydrogens (tertiary/aromatic N) is 4.